The van der Waals surface area contributed by atoms with Crippen molar-refractivity contribution in [1.29, 1.82) is 0 Å². The average Bonchev–Trinajstić information content (AvgIpc) is 2.69. The van der Waals surface area contributed by atoms with E-state index in [4.69, 9.17) is 9.47 Å². The van der Waals surface area contributed by atoms with Crippen molar-refractivity contribution in [1.82, 2.24) is 0 Å². The maximum Gasteiger partial charge on any atom is 0.306 e. The second kappa shape index (κ2) is 16.1. The summed E-state index contributed by atoms with van der Waals surface area (Å²) in [6, 6.07) is 8.30. The van der Waals surface area contributed by atoms with Crippen molar-refractivity contribution in [2.45, 2.75) is 111 Å². The summed E-state index contributed by atoms with van der Waals surface area (Å²) in [6.07, 6.45) is 17.6. The summed E-state index contributed by atoms with van der Waals surface area (Å²) in [5.74, 6) is -0.145. The van der Waals surface area contributed by atoms with Crippen molar-refractivity contribution in [2.24, 2.45) is 0 Å². The van der Waals surface area contributed by atoms with Crippen LogP contribution in [0.1, 0.15) is 103 Å². The molecule has 3 heteroatoms. The third-order valence-corrected chi connectivity index (χ3v) is 4.93. The predicted molar refractivity (Wildman–Crippen MR) is 127 cm³/mol. The Balaban J connectivity index is 2.05. The van der Waals surface area contributed by atoms with Gasteiger partial charge in [-0.2, -0.15) is 0 Å². The number of allylic oxidation sites excluding steroid dienone is 1. The van der Waals surface area contributed by atoms with Gasteiger partial charge in [-0.3, -0.25) is 4.79 Å². The maximum absolute atomic E-state index is 11.8. The molecule has 0 radical (unpaired) electrons. The van der Waals surface area contributed by atoms with Crippen LogP contribution in [0.5, 0.6) is 0 Å². The van der Waals surface area contributed by atoms with E-state index in [1.165, 1.54) is 51.4 Å². The molecule has 1 rings (SSSR count). The molecule has 0 aliphatic carbocycles. The van der Waals surface area contributed by atoms with Gasteiger partial charge in [-0.15, -0.1) is 0 Å². The first kappa shape index (κ1) is 26.4. The van der Waals surface area contributed by atoms with Gasteiger partial charge in [-0.25, -0.2) is 0 Å². The first-order chi connectivity index (χ1) is 14.4. The van der Waals surface area contributed by atoms with E-state index >= 15 is 0 Å². The van der Waals surface area contributed by atoms with E-state index in [0.29, 0.717) is 26.1 Å². The highest BCUT2D eigenvalue weighted by Gasteiger charge is 2.15. The molecule has 1 aromatic carbocycles. The monoisotopic (exact) mass is 416 g/mol. The first-order valence-corrected chi connectivity index (χ1v) is 11.9. The highest BCUT2D eigenvalue weighted by atomic mass is 16.6. The van der Waals surface area contributed by atoms with E-state index in [0.717, 1.165) is 17.5 Å². The molecule has 0 unspecified atom stereocenters. The minimum absolute atomic E-state index is 0.145. The lowest BCUT2D eigenvalue weighted by Crippen LogP contribution is -2.23. The molecule has 0 aliphatic rings. The summed E-state index contributed by atoms with van der Waals surface area (Å²) in [5, 5.41) is 0. The number of hydrogen-bond donors (Lipinski definition) is 0. The Morgan fingerprint density at radius 3 is 2.10 bits per heavy atom. The van der Waals surface area contributed by atoms with Gasteiger partial charge >= 0.3 is 5.97 Å². The molecule has 0 saturated heterocycles. The molecule has 0 heterocycles. The van der Waals surface area contributed by atoms with Gasteiger partial charge in [0.15, 0.2) is 0 Å². The number of hydrogen-bond acceptors (Lipinski definition) is 3. The lowest BCUT2D eigenvalue weighted by molar-refractivity contribution is -0.154. The Kier molecular flexibility index (Phi) is 14.2. The van der Waals surface area contributed by atoms with E-state index in [9.17, 15) is 4.79 Å². The van der Waals surface area contributed by atoms with Crippen LogP contribution in [0.4, 0.5) is 0 Å². The van der Waals surface area contributed by atoms with Crippen LogP contribution in [0.2, 0.25) is 0 Å². The number of esters is 1. The van der Waals surface area contributed by atoms with E-state index < -0.39 is 5.60 Å². The molecule has 0 atom stereocenters. The number of rotatable bonds is 16. The van der Waals surface area contributed by atoms with Crippen molar-refractivity contribution in [2.75, 3.05) is 6.61 Å². The maximum atomic E-state index is 11.8. The molecule has 0 spiro atoms. The molecule has 0 aromatic heterocycles. The molecule has 170 valence electrons. The van der Waals surface area contributed by atoms with Gasteiger partial charge in [-0.1, -0.05) is 88.3 Å². The number of unbranched alkanes of at least 4 members (excludes halogenated alkanes) is 8. The molecule has 1 aromatic rings. The summed E-state index contributed by atoms with van der Waals surface area (Å²) in [6.45, 7) is 9.23. The quantitative estimate of drug-likeness (QED) is 0.158. The number of benzene rings is 1. The van der Waals surface area contributed by atoms with Crippen LogP contribution in [-0.2, 0) is 27.3 Å². The van der Waals surface area contributed by atoms with Gasteiger partial charge in [0, 0.05) is 6.42 Å². The Morgan fingerprint density at radius 2 is 1.47 bits per heavy atom. The number of carbonyl (C=O) groups excluding carboxylic acids is 1. The number of carbonyl (C=O) groups is 1. The van der Waals surface area contributed by atoms with E-state index in [2.05, 4.69) is 43.3 Å². The van der Waals surface area contributed by atoms with Gasteiger partial charge in [0.2, 0.25) is 0 Å². The summed E-state index contributed by atoms with van der Waals surface area (Å²) < 4.78 is 11.1. The summed E-state index contributed by atoms with van der Waals surface area (Å²) in [4.78, 5) is 11.8. The Bertz CT molecular complexity index is 581. The van der Waals surface area contributed by atoms with Gasteiger partial charge in [0.05, 0.1) is 13.2 Å². The SMILES string of the molecule is CCCCCCCCCCC=CCOCc1ccc(CCC(=O)OC(C)(C)C)cc1. The van der Waals surface area contributed by atoms with E-state index in [-0.39, 0.29) is 5.97 Å². The second-order valence-electron chi connectivity index (χ2n) is 9.15. The molecule has 0 N–H and O–H groups in total. The van der Waals surface area contributed by atoms with Crippen LogP contribution in [-0.4, -0.2) is 18.2 Å². The summed E-state index contributed by atoms with van der Waals surface area (Å²) >= 11 is 0. The molecule has 0 fully saturated rings. The molecule has 0 bridgehead atoms. The zero-order valence-corrected chi connectivity index (χ0v) is 19.9. The third-order valence-electron chi connectivity index (χ3n) is 4.93. The van der Waals surface area contributed by atoms with Gasteiger partial charge < -0.3 is 9.47 Å². The van der Waals surface area contributed by atoms with Crippen LogP contribution in [0.25, 0.3) is 0 Å². The standard InChI is InChI=1S/C27H44O3/c1-5-6-7-8-9-10-11-12-13-14-15-22-29-23-25-18-16-24(17-19-25)20-21-26(28)30-27(2,3)4/h14-19H,5-13,20-23H2,1-4H3. The average molecular weight is 417 g/mol. The Morgan fingerprint density at radius 1 is 0.867 bits per heavy atom. The zero-order valence-electron chi connectivity index (χ0n) is 19.9. The van der Waals surface area contributed by atoms with Crippen molar-refractivity contribution in [3.63, 3.8) is 0 Å². The highest BCUT2D eigenvalue weighted by Crippen LogP contribution is 2.12. The smallest absolute Gasteiger partial charge is 0.306 e. The van der Waals surface area contributed by atoms with Crippen molar-refractivity contribution < 1.29 is 14.3 Å². The Labute approximate surface area is 185 Å². The minimum Gasteiger partial charge on any atom is -0.460 e. The van der Waals surface area contributed by atoms with E-state index in [1.54, 1.807) is 0 Å². The van der Waals surface area contributed by atoms with Crippen LogP contribution >= 0.6 is 0 Å². The minimum atomic E-state index is -0.416. The summed E-state index contributed by atoms with van der Waals surface area (Å²) in [5.41, 5.74) is 1.89. The summed E-state index contributed by atoms with van der Waals surface area (Å²) in [7, 11) is 0. The number of aryl methyl sites for hydroxylation is 1. The van der Waals surface area contributed by atoms with Gasteiger partial charge in [-0.05, 0) is 51.2 Å². The first-order valence-electron chi connectivity index (χ1n) is 11.9. The molecule has 30 heavy (non-hydrogen) atoms. The normalized spacial score (nSPS) is 11.9. The topological polar surface area (TPSA) is 35.5 Å². The molecular formula is C27H44O3. The lowest BCUT2D eigenvalue weighted by atomic mass is 10.1. The molecule has 0 saturated carbocycles. The molecule has 0 amide bonds. The molecular weight excluding hydrogens is 372 g/mol. The number of ether oxygens (including phenoxy) is 2. The van der Waals surface area contributed by atoms with Crippen LogP contribution in [0.3, 0.4) is 0 Å². The fraction of sp³-hybridized carbons (Fsp3) is 0.667. The third kappa shape index (κ3) is 15.3. The van der Waals surface area contributed by atoms with Crippen molar-refractivity contribution in [3.05, 3.63) is 47.5 Å². The molecule has 0 aliphatic heterocycles. The molecule has 3 nitrogen and oxygen atoms in total. The van der Waals surface area contributed by atoms with Crippen molar-refractivity contribution in [3.8, 4) is 0 Å². The zero-order chi connectivity index (χ0) is 22.1. The largest absolute Gasteiger partial charge is 0.460 e. The highest BCUT2D eigenvalue weighted by molar-refractivity contribution is 5.70. The lowest BCUT2D eigenvalue weighted by Gasteiger charge is -2.19. The van der Waals surface area contributed by atoms with Crippen LogP contribution in [0, 0.1) is 0 Å². The van der Waals surface area contributed by atoms with E-state index in [1.807, 2.05) is 20.8 Å². The van der Waals surface area contributed by atoms with Gasteiger partial charge in [0.1, 0.15) is 5.60 Å². The predicted octanol–water partition coefficient (Wildman–Crippen LogP) is 7.56. The fourth-order valence-electron chi connectivity index (χ4n) is 3.27. The van der Waals surface area contributed by atoms with Crippen LogP contribution < -0.4 is 0 Å². The fourth-order valence-corrected chi connectivity index (χ4v) is 3.27. The van der Waals surface area contributed by atoms with Crippen LogP contribution in [0.15, 0.2) is 36.4 Å². The van der Waals surface area contributed by atoms with Gasteiger partial charge in [0.25, 0.3) is 0 Å². The second-order valence-corrected chi connectivity index (χ2v) is 9.15. The van der Waals surface area contributed by atoms with Crippen molar-refractivity contribution >= 4 is 5.97 Å². The Hall–Kier alpha value is -1.61.